The van der Waals surface area contributed by atoms with E-state index in [1.165, 1.54) is 64.2 Å². The van der Waals surface area contributed by atoms with Crippen molar-refractivity contribution in [1.29, 1.82) is 0 Å². The number of ether oxygens (including phenoxy) is 1. The average molecular weight is 344 g/mol. The van der Waals surface area contributed by atoms with Crippen molar-refractivity contribution in [3.63, 3.8) is 0 Å². The van der Waals surface area contributed by atoms with Crippen LogP contribution in [0.1, 0.15) is 71.1 Å². The van der Waals surface area contributed by atoms with Gasteiger partial charge in [-0.15, -0.1) is 0 Å². The van der Waals surface area contributed by atoms with E-state index in [4.69, 9.17) is 9.73 Å². The first-order valence-electron chi connectivity index (χ1n) is 10.2. The topological polar surface area (TPSA) is 45.6 Å². The quantitative estimate of drug-likeness (QED) is 0.577. The van der Waals surface area contributed by atoms with Crippen LogP contribution in [-0.2, 0) is 0 Å². The van der Waals surface area contributed by atoms with Gasteiger partial charge in [0.2, 0.25) is 0 Å². The highest BCUT2D eigenvalue weighted by molar-refractivity contribution is 5.94. The van der Waals surface area contributed by atoms with Crippen molar-refractivity contribution in [2.45, 2.75) is 83.2 Å². The molecule has 2 N–H and O–H groups in total. The fourth-order valence-electron chi connectivity index (χ4n) is 3.88. The Morgan fingerprint density at radius 3 is 2.24 bits per heavy atom. The van der Waals surface area contributed by atoms with Gasteiger partial charge in [-0.3, -0.25) is 0 Å². The summed E-state index contributed by atoms with van der Waals surface area (Å²) in [5, 5.41) is 7.23. The van der Waals surface area contributed by atoms with Gasteiger partial charge in [-0.05, 0) is 56.9 Å². The van der Waals surface area contributed by atoms with Crippen molar-refractivity contribution in [2.75, 3.05) is 11.9 Å². The van der Waals surface area contributed by atoms with Gasteiger partial charge in [0.05, 0.1) is 12.6 Å². The summed E-state index contributed by atoms with van der Waals surface area (Å²) in [5.74, 6) is 1.88. The van der Waals surface area contributed by atoms with Crippen molar-refractivity contribution < 1.29 is 4.74 Å². The summed E-state index contributed by atoms with van der Waals surface area (Å²) in [5.41, 5.74) is 1.07. The number of aliphatic imine (C=N–C) groups is 1. The van der Waals surface area contributed by atoms with Crippen LogP contribution in [0.2, 0.25) is 0 Å². The Kier molecular flexibility index (Phi) is 7.01. The van der Waals surface area contributed by atoms with Crippen molar-refractivity contribution in [3.05, 3.63) is 24.3 Å². The molecule has 0 atom stereocenters. The zero-order chi connectivity index (χ0) is 17.3. The van der Waals surface area contributed by atoms with E-state index in [9.17, 15) is 0 Å². The highest BCUT2D eigenvalue weighted by Crippen LogP contribution is 2.22. The SMILES string of the molecule is CCOc1ccc(NC(=NC2CCCCC2)NC2CCCCC2)cc1. The lowest BCUT2D eigenvalue weighted by Gasteiger charge is -2.27. The summed E-state index contributed by atoms with van der Waals surface area (Å²) < 4.78 is 5.54. The Balaban J connectivity index is 1.66. The molecule has 3 rings (SSSR count). The predicted molar refractivity (Wildman–Crippen MR) is 106 cm³/mol. The number of benzene rings is 1. The van der Waals surface area contributed by atoms with Gasteiger partial charge in [0.25, 0.3) is 0 Å². The van der Waals surface area contributed by atoms with Crippen LogP contribution in [0.4, 0.5) is 5.69 Å². The van der Waals surface area contributed by atoms with Crippen LogP contribution < -0.4 is 15.4 Å². The number of hydrogen-bond acceptors (Lipinski definition) is 2. The van der Waals surface area contributed by atoms with E-state index in [-0.39, 0.29) is 0 Å². The van der Waals surface area contributed by atoms with Crippen molar-refractivity contribution in [2.24, 2.45) is 4.99 Å². The molecule has 0 spiro atoms. The van der Waals surface area contributed by atoms with Gasteiger partial charge >= 0.3 is 0 Å². The fraction of sp³-hybridized carbons (Fsp3) is 0.667. The normalized spacial score (nSPS) is 20.3. The molecule has 1 aromatic rings. The smallest absolute Gasteiger partial charge is 0.196 e. The molecule has 0 aromatic heterocycles. The Morgan fingerprint density at radius 1 is 0.960 bits per heavy atom. The Morgan fingerprint density at radius 2 is 1.60 bits per heavy atom. The van der Waals surface area contributed by atoms with E-state index < -0.39 is 0 Å². The number of nitrogens with one attached hydrogen (secondary N) is 2. The molecule has 0 unspecified atom stereocenters. The second kappa shape index (κ2) is 9.69. The molecule has 2 aliphatic rings. The van der Waals surface area contributed by atoms with Crippen LogP contribution in [0.15, 0.2) is 29.3 Å². The second-order valence-electron chi connectivity index (χ2n) is 7.33. The van der Waals surface area contributed by atoms with Gasteiger partial charge in [-0.2, -0.15) is 0 Å². The summed E-state index contributed by atoms with van der Waals surface area (Å²) in [6.07, 6.45) is 13.0. The van der Waals surface area contributed by atoms with Gasteiger partial charge in [0.15, 0.2) is 5.96 Å². The molecule has 1 aromatic carbocycles. The highest BCUT2D eigenvalue weighted by atomic mass is 16.5. The zero-order valence-electron chi connectivity index (χ0n) is 15.6. The monoisotopic (exact) mass is 343 g/mol. The lowest BCUT2D eigenvalue weighted by Crippen LogP contribution is -2.41. The third-order valence-corrected chi connectivity index (χ3v) is 5.26. The first-order chi connectivity index (χ1) is 12.3. The van der Waals surface area contributed by atoms with Gasteiger partial charge in [-0.25, -0.2) is 4.99 Å². The molecule has 4 nitrogen and oxygen atoms in total. The predicted octanol–water partition coefficient (Wildman–Crippen LogP) is 5.11. The number of hydrogen-bond donors (Lipinski definition) is 2. The van der Waals surface area contributed by atoms with E-state index in [1.54, 1.807) is 0 Å². The van der Waals surface area contributed by atoms with Crippen LogP contribution in [0, 0.1) is 0 Å². The van der Waals surface area contributed by atoms with Crippen LogP contribution >= 0.6 is 0 Å². The summed E-state index contributed by atoms with van der Waals surface area (Å²) in [6, 6.07) is 9.21. The molecule has 0 radical (unpaired) electrons. The first kappa shape index (κ1) is 18.1. The molecule has 138 valence electrons. The summed E-state index contributed by atoms with van der Waals surface area (Å²) >= 11 is 0. The van der Waals surface area contributed by atoms with Gasteiger partial charge < -0.3 is 15.4 Å². The molecule has 0 saturated heterocycles. The van der Waals surface area contributed by atoms with Crippen molar-refractivity contribution in [1.82, 2.24) is 5.32 Å². The van der Waals surface area contributed by atoms with E-state index in [0.717, 1.165) is 17.4 Å². The summed E-state index contributed by atoms with van der Waals surface area (Å²) in [6.45, 7) is 2.71. The lowest BCUT2D eigenvalue weighted by molar-refractivity contribution is 0.340. The standard InChI is InChI=1S/C21H33N3O/c1-2-25-20-15-13-19(14-16-20)24-21(22-17-9-5-3-6-10-17)23-18-11-7-4-8-12-18/h13-18H,2-12H2,1H3,(H2,22,23,24). The van der Waals surface area contributed by atoms with E-state index in [0.29, 0.717) is 18.7 Å². The largest absolute Gasteiger partial charge is 0.494 e. The fourth-order valence-corrected chi connectivity index (χ4v) is 3.88. The van der Waals surface area contributed by atoms with E-state index >= 15 is 0 Å². The van der Waals surface area contributed by atoms with Gasteiger partial charge in [-0.1, -0.05) is 38.5 Å². The van der Waals surface area contributed by atoms with Gasteiger partial charge in [0.1, 0.15) is 5.75 Å². The maximum Gasteiger partial charge on any atom is 0.196 e. The Labute approximate surface area is 152 Å². The minimum absolute atomic E-state index is 0.468. The molecule has 0 bridgehead atoms. The van der Waals surface area contributed by atoms with Crippen LogP contribution in [-0.4, -0.2) is 24.7 Å². The minimum atomic E-state index is 0.468. The Hall–Kier alpha value is -1.71. The maximum absolute atomic E-state index is 5.54. The molecule has 0 heterocycles. The molecule has 0 aliphatic heterocycles. The highest BCUT2D eigenvalue weighted by Gasteiger charge is 2.17. The van der Waals surface area contributed by atoms with E-state index in [1.807, 2.05) is 19.1 Å². The molecular formula is C21H33N3O. The van der Waals surface area contributed by atoms with E-state index in [2.05, 4.69) is 22.8 Å². The molecule has 2 aliphatic carbocycles. The number of guanidine groups is 1. The van der Waals surface area contributed by atoms with Crippen molar-refractivity contribution >= 4 is 11.6 Å². The second-order valence-corrected chi connectivity index (χ2v) is 7.33. The zero-order valence-corrected chi connectivity index (χ0v) is 15.6. The average Bonchev–Trinajstić information content (AvgIpc) is 2.65. The van der Waals surface area contributed by atoms with Crippen molar-refractivity contribution in [3.8, 4) is 5.75 Å². The molecule has 4 heteroatoms. The molecule has 0 amide bonds. The third kappa shape index (κ3) is 5.94. The molecule has 2 saturated carbocycles. The maximum atomic E-state index is 5.54. The number of nitrogens with zero attached hydrogens (tertiary/aromatic N) is 1. The molecule has 2 fully saturated rings. The van der Waals surface area contributed by atoms with Crippen LogP contribution in [0.25, 0.3) is 0 Å². The lowest BCUT2D eigenvalue weighted by atomic mass is 9.95. The number of anilines is 1. The Bertz CT molecular complexity index is 529. The summed E-state index contributed by atoms with van der Waals surface area (Å²) in [4.78, 5) is 5.05. The first-order valence-corrected chi connectivity index (χ1v) is 10.2. The number of rotatable bonds is 5. The molecular weight excluding hydrogens is 310 g/mol. The third-order valence-electron chi connectivity index (χ3n) is 5.26. The van der Waals surface area contributed by atoms with Crippen LogP contribution in [0.5, 0.6) is 5.75 Å². The minimum Gasteiger partial charge on any atom is -0.494 e. The van der Waals surface area contributed by atoms with Crippen LogP contribution in [0.3, 0.4) is 0 Å². The summed E-state index contributed by atoms with van der Waals surface area (Å²) in [7, 11) is 0. The van der Waals surface area contributed by atoms with Gasteiger partial charge in [0, 0.05) is 11.7 Å². The molecule has 25 heavy (non-hydrogen) atoms.